The molecule has 0 saturated heterocycles. The summed E-state index contributed by atoms with van der Waals surface area (Å²) in [6, 6.07) is 11.2. The van der Waals surface area contributed by atoms with Crippen molar-refractivity contribution >= 4 is 5.91 Å². The normalized spacial score (nSPS) is 17.2. The summed E-state index contributed by atoms with van der Waals surface area (Å²) >= 11 is 0. The third-order valence-electron chi connectivity index (χ3n) is 5.79. The number of halogens is 1. The first kappa shape index (κ1) is 17.9. The molecule has 2 aliphatic rings. The minimum Gasteiger partial charge on any atom is -0.341 e. The number of pyridine rings is 1. The number of aromatic nitrogens is 3. The van der Waals surface area contributed by atoms with Gasteiger partial charge in [0.25, 0.3) is 5.91 Å². The van der Waals surface area contributed by atoms with Crippen molar-refractivity contribution in [2.75, 3.05) is 13.6 Å². The van der Waals surface area contributed by atoms with Gasteiger partial charge in [-0.2, -0.15) is 5.10 Å². The third-order valence-corrected chi connectivity index (χ3v) is 5.79. The van der Waals surface area contributed by atoms with Gasteiger partial charge in [0, 0.05) is 30.9 Å². The number of hydrogen-bond acceptors (Lipinski definition) is 4. The van der Waals surface area contributed by atoms with E-state index in [0.717, 1.165) is 5.56 Å². The molecular formula is C23H21FN4O. The van der Waals surface area contributed by atoms with Crippen LogP contribution in [0.2, 0.25) is 0 Å². The molecule has 1 amide bonds. The molecule has 3 heterocycles. The second-order valence-electron chi connectivity index (χ2n) is 7.84. The first-order chi connectivity index (χ1) is 14.1. The molecular weight excluding hydrogens is 367 g/mol. The van der Waals surface area contributed by atoms with Crippen LogP contribution in [0, 0.1) is 0 Å². The fraction of sp³-hybridized carbons (Fsp3) is 0.304. The molecule has 0 bridgehead atoms. The van der Waals surface area contributed by atoms with Gasteiger partial charge in [0.15, 0.2) is 6.17 Å². The lowest BCUT2D eigenvalue weighted by atomic mass is 9.95. The molecule has 3 aromatic rings. The Kier molecular flexibility index (Phi) is 4.34. The van der Waals surface area contributed by atoms with Crippen molar-refractivity contribution in [3.05, 3.63) is 76.6 Å². The Bertz CT molecular complexity index is 1100. The monoisotopic (exact) mass is 388 g/mol. The van der Waals surface area contributed by atoms with E-state index >= 15 is 4.39 Å². The lowest BCUT2D eigenvalue weighted by Crippen LogP contribution is -2.34. The van der Waals surface area contributed by atoms with Crippen LogP contribution >= 0.6 is 0 Å². The average Bonchev–Trinajstić information content (AvgIpc) is 3.61. The zero-order valence-electron chi connectivity index (χ0n) is 16.2. The van der Waals surface area contributed by atoms with Crippen molar-refractivity contribution in [1.29, 1.82) is 0 Å². The van der Waals surface area contributed by atoms with E-state index in [1.54, 1.807) is 30.3 Å². The number of rotatable bonds is 4. The summed E-state index contributed by atoms with van der Waals surface area (Å²) in [4.78, 5) is 18.6. The zero-order chi connectivity index (χ0) is 20.0. The van der Waals surface area contributed by atoms with Crippen molar-refractivity contribution in [3.63, 3.8) is 0 Å². The number of amides is 1. The van der Waals surface area contributed by atoms with Crippen LogP contribution < -0.4 is 0 Å². The van der Waals surface area contributed by atoms with Crippen LogP contribution in [0.5, 0.6) is 0 Å². The van der Waals surface area contributed by atoms with Crippen LogP contribution in [0.25, 0.3) is 11.4 Å². The molecule has 5 nitrogen and oxygen atoms in total. The van der Waals surface area contributed by atoms with E-state index in [9.17, 15) is 4.79 Å². The van der Waals surface area contributed by atoms with Gasteiger partial charge in [0.2, 0.25) is 0 Å². The summed E-state index contributed by atoms with van der Waals surface area (Å²) in [6.45, 7) is 0.622. The van der Waals surface area contributed by atoms with E-state index < -0.39 is 6.17 Å². The van der Waals surface area contributed by atoms with E-state index in [1.807, 2.05) is 18.2 Å². The number of fused-ring (bicyclic) bond motifs is 1. The van der Waals surface area contributed by atoms with Crippen LogP contribution in [0.3, 0.4) is 0 Å². The molecule has 2 aromatic heterocycles. The van der Waals surface area contributed by atoms with Gasteiger partial charge >= 0.3 is 0 Å². The molecule has 6 heteroatoms. The van der Waals surface area contributed by atoms with E-state index in [0.29, 0.717) is 47.0 Å². The van der Waals surface area contributed by atoms with Gasteiger partial charge in [0.05, 0.1) is 11.9 Å². The molecule has 0 spiro atoms. The van der Waals surface area contributed by atoms with Crippen LogP contribution in [-0.2, 0) is 6.42 Å². The highest BCUT2D eigenvalue weighted by Crippen LogP contribution is 2.41. The Hall–Kier alpha value is -3.15. The number of hydrogen-bond donors (Lipinski definition) is 0. The van der Waals surface area contributed by atoms with Crippen LogP contribution in [0.1, 0.15) is 57.5 Å². The van der Waals surface area contributed by atoms with E-state index in [1.165, 1.54) is 24.6 Å². The third kappa shape index (κ3) is 3.28. The fourth-order valence-corrected chi connectivity index (χ4v) is 3.97. The summed E-state index contributed by atoms with van der Waals surface area (Å²) in [5.41, 5.74) is 4.87. The molecule has 1 atom stereocenters. The molecule has 146 valence electrons. The molecule has 1 aliphatic heterocycles. The Labute approximate surface area is 168 Å². The number of alkyl halides is 1. The quantitative estimate of drug-likeness (QED) is 0.675. The topological polar surface area (TPSA) is 59.0 Å². The lowest BCUT2D eigenvalue weighted by Gasteiger charge is -2.25. The van der Waals surface area contributed by atoms with Gasteiger partial charge in [-0.15, -0.1) is 5.10 Å². The second kappa shape index (κ2) is 7.03. The van der Waals surface area contributed by atoms with E-state index in [2.05, 4.69) is 21.2 Å². The van der Waals surface area contributed by atoms with Crippen molar-refractivity contribution in [2.45, 2.75) is 31.4 Å². The standard InChI is InChI=1S/C23H21FN4O/c1-28-10-8-18-19(23(28)29)7-9-25-22(18)20-12-17(13-26-27-20)21(24)16-4-2-3-15(11-16)14-5-6-14/h2-4,7,9,11-14,21H,5-6,8,10H2,1H3/t21-/m1/s1. The van der Waals surface area contributed by atoms with Gasteiger partial charge < -0.3 is 4.90 Å². The number of likely N-dealkylation sites (N-methyl/N-ethyl adjacent to an activating group) is 1. The van der Waals surface area contributed by atoms with Gasteiger partial charge in [-0.3, -0.25) is 9.78 Å². The molecule has 0 unspecified atom stereocenters. The maximum absolute atomic E-state index is 15.3. The SMILES string of the molecule is CN1CCc2c(ccnc2-c2cc([C@H](F)c3cccc(C4CC4)c3)cnn2)C1=O. The smallest absolute Gasteiger partial charge is 0.254 e. The Morgan fingerprint density at radius 3 is 2.86 bits per heavy atom. The molecule has 0 radical (unpaired) electrons. The van der Waals surface area contributed by atoms with Crippen LogP contribution in [0.4, 0.5) is 4.39 Å². The molecule has 0 N–H and O–H groups in total. The first-order valence-corrected chi connectivity index (χ1v) is 9.92. The Morgan fingerprint density at radius 2 is 2.03 bits per heavy atom. The van der Waals surface area contributed by atoms with Crippen molar-refractivity contribution in [2.24, 2.45) is 0 Å². The zero-order valence-corrected chi connectivity index (χ0v) is 16.2. The Balaban J connectivity index is 1.51. The number of carbonyl (C=O) groups excluding carboxylic acids is 1. The van der Waals surface area contributed by atoms with Gasteiger partial charge in [0.1, 0.15) is 5.69 Å². The highest BCUT2D eigenvalue weighted by atomic mass is 19.1. The minimum atomic E-state index is -1.28. The maximum Gasteiger partial charge on any atom is 0.254 e. The first-order valence-electron chi connectivity index (χ1n) is 9.92. The molecule has 29 heavy (non-hydrogen) atoms. The minimum absolute atomic E-state index is 0.0285. The maximum atomic E-state index is 15.3. The van der Waals surface area contributed by atoms with Gasteiger partial charge in [-0.25, -0.2) is 4.39 Å². The lowest BCUT2D eigenvalue weighted by molar-refractivity contribution is 0.0781. The van der Waals surface area contributed by atoms with E-state index in [-0.39, 0.29) is 5.91 Å². The number of benzene rings is 1. The van der Waals surface area contributed by atoms with Crippen LogP contribution in [-0.4, -0.2) is 39.6 Å². The summed E-state index contributed by atoms with van der Waals surface area (Å²) in [5, 5.41) is 8.22. The fourth-order valence-electron chi connectivity index (χ4n) is 3.97. The van der Waals surface area contributed by atoms with Crippen molar-refractivity contribution in [1.82, 2.24) is 20.1 Å². The number of nitrogens with zero attached hydrogens (tertiary/aromatic N) is 4. The predicted octanol–water partition coefficient (Wildman–Crippen LogP) is 4.10. The highest BCUT2D eigenvalue weighted by molar-refractivity contribution is 5.98. The van der Waals surface area contributed by atoms with Crippen molar-refractivity contribution < 1.29 is 9.18 Å². The molecule has 1 fully saturated rings. The molecule has 1 saturated carbocycles. The van der Waals surface area contributed by atoms with E-state index in [4.69, 9.17) is 0 Å². The molecule has 5 rings (SSSR count). The summed E-state index contributed by atoms with van der Waals surface area (Å²) in [7, 11) is 1.79. The summed E-state index contributed by atoms with van der Waals surface area (Å²) in [5.74, 6) is 0.545. The van der Waals surface area contributed by atoms with Gasteiger partial charge in [-0.05, 0) is 54.0 Å². The molecule has 1 aromatic carbocycles. The largest absolute Gasteiger partial charge is 0.341 e. The number of carbonyl (C=O) groups is 1. The second-order valence-corrected chi connectivity index (χ2v) is 7.84. The predicted molar refractivity (Wildman–Crippen MR) is 107 cm³/mol. The summed E-state index contributed by atoms with van der Waals surface area (Å²) < 4.78 is 15.3. The van der Waals surface area contributed by atoms with Gasteiger partial charge in [-0.1, -0.05) is 24.3 Å². The Morgan fingerprint density at radius 1 is 1.17 bits per heavy atom. The average molecular weight is 388 g/mol. The van der Waals surface area contributed by atoms with Crippen LogP contribution in [0.15, 0.2) is 48.8 Å². The molecule has 1 aliphatic carbocycles. The summed E-state index contributed by atoms with van der Waals surface area (Å²) in [6.07, 6.45) is 4.84. The highest BCUT2D eigenvalue weighted by Gasteiger charge is 2.27. The van der Waals surface area contributed by atoms with Crippen molar-refractivity contribution in [3.8, 4) is 11.4 Å².